The van der Waals surface area contributed by atoms with Gasteiger partial charge in [-0.25, -0.2) is 14.4 Å². The predicted molar refractivity (Wildman–Crippen MR) is 273 cm³/mol. The number of anilines is 3. The molecule has 2 fully saturated rings. The molecular formula is C53H56FN11O11. The normalized spacial score (nSPS) is 15.5. The Bertz CT molecular complexity index is 2980. The van der Waals surface area contributed by atoms with Gasteiger partial charge in [-0.15, -0.1) is 0 Å². The maximum atomic E-state index is 14.9. The Labute approximate surface area is 436 Å². The highest BCUT2D eigenvalue weighted by Gasteiger charge is 2.44. The number of piperidine rings is 1. The van der Waals surface area contributed by atoms with Crippen molar-refractivity contribution in [1.82, 2.24) is 35.4 Å². The van der Waals surface area contributed by atoms with E-state index in [1.807, 2.05) is 11.0 Å². The minimum atomic E-state index is -1.02. The van der Waals surface area contributed by atoms with Gasteiger partial charge in [0.1, 0.15) is 23.3 Å². The fourth-order valence-corrected chi connectivity index (χ4v) is 8.75. The number of carbonyl (C=O) groups excluding carboxylic acids is 6. The first-order valence-corrected chi connectivity index (χ1v) is 24.6. The van der Waals surface area contributed by atoms with Crippen LogP contribution >= 0.6 is 0 Å². The Balaban J connectivity index is 0.689. The average molecular weight is 1040 g/mol. The van der Waals surface area contributed by atoms with Crippen LogP contribution in [0.15, 0.2) is 85.3 Å². The first-order valence-electron chi connectivity index (χ1n) is 24.6. The summed E-state index contributed by atoms with van der Waals surface area (Å²) < 4.78 is 42.6. The number of nitrogens with one attached hydrogen (secondary N) is 4. The predicted octanol–water partition coefficient (Wildman–Crippen LogP) is 3.30. The second-order valence-electron chi connectivity index (χ2n) is 17.5. The zero-order chi connectivity index (χ0) is 53.4. The standard InChI is InChI=1S/C53H56FN11O11/c1-72-45-4-2-3-40(54)48(45)49-59-14-12-42(60-49)50(68)61-41-8-5-34(39-32-56-13-11-35(39)31-55)29-44(41)64-19-17-63(18-20-64)33-47(67)58-16-22-74-24-26-76-28-27-75-25-23-73-21-15-57-36-6-7-37-38(30-36)53(71)65(52(37)70)43-9-10-46(66)62-51(43)69/h2-8,11-14,29-30,32,43,57H,9-10,15-28,33H2,1H3,(H,58,67)(H,61,68)(H,62,66,69). The van der Waals surface area contributed by atoms with Gasteiger partial charge in [0.15, 0.2) is 5.82 Å². The summed E-state index contributed by atoms with van der Waals surface area (Å²) in [5.41, 5.74) is 4.02. The van der Waals surface area contributed by atoms with Gasteiger partial charge in [0.2, 0.25) is 17.7 Å². The van der Waals surface area contributed by atoms with Crippen molar-refractivity contribution < 1.29 is 56.8 Å². The van der Waals surface area contributed by atoms with E-state index in [0.717, 1.165) is 10.5 Å². The number of ether oxygens (including phenoxy) is 5. The van der Waals surface area contributed by atoms with Crippen LogP contribution in [0.3, 0.4) is 0 Å². The second-order valence-corrected chi connectivity index (χ2v) is 17.5. The lowest BCUT2D eigenvalue weighted by atomic mass is 10.0. The summed E-state index contributed by atoms with van der Waals surface area (Å²) in [6.45, 7) is 5.89. The van der Waals surface area contributed by atoms with E-state index in [1.54, 1.807) is 54.9 Å². The van der Waals surface area contributed by atoms with E-state index in [-0.39, 0.29) is 59.3 Å². The van der Waals surface area contributed by atoms with Crippen molar-refractivity contribution in [2.24, 2.45) is 0 Å². The zero-order valence-corrected chi connectivity index (χ0v) is 41.7. The van der Waals surface area contributed by atoms with E-state index in [1.165, 1.54) is 31.5 Å². The van der Waals surface area contributed by atoms with Gasteiger partial charge in [-0.2, -0.15) is 5.26 Å². The molecule has 76 heavy (non-hydrogen) atoms. The Kier molecular flexibility index (Phi) is 18.7. The Hall–Kier alpha value is -8.27. The number of fused-ring (bicyclic) bond motifs is 1. The maximum Gasteiger partial charge on any atom is 0.274 e. The lowest BCUT2D eigenvalue weighted by Crippen LogP contribution is -2.54. The van der Waals surface area contributed by atoms with Crippen LogP contribution in [0.1, 0.15) is 49.6 Å². The van der Waals surface area contributed by atoms with Crippen molar-refractivity contribution in [2.45, 2.75) is 18.9 Å². The number of nitriles is 1. The van der Waals surface area contributed by atoms with E-state index in [2.05, 4.69) is 47.2 Å². The molecule has 22 nitrogen and oxygen atoms in total. The number of carbonyl (C=O) groups is 6. The molecule has 6 amide bonds. The third-order valence-corrected chi connectivity index (χ3v) is 12.6. The number of imide groups is 2. The summed E-state index contributed by atoms with van der Waals surface area (Å²) in [5.74, 6) is -3.29. The fourth-order valence-electron chi connectivity index (χ4n) is 8.75. The van der Waals surface area contributed by atoms with E-state index in [4.69, 9.17) is 23.7 Å². The molecule has 5 heterocycles. The topological polar surface area (TPSA) is 269 Å². The van der Waals surface area contributed by atoms with Gasteiger partial charge in [-0.05, 0) is 66.6 Å². The van der Waals surface area contributed by atoms with Gasteiger partial charge in [0.25, 0.3) is 17.7 Å². The molecule has 0 bridgehead atoms. The number of methoxy groups -OCH3 is 1. The molecule has 0 saturated carbocycles. The molecule has 0 spiro atoms. The first kappa shape index (κ1) is 54.0. The highest BCUT2D eigenvalue weighted by Crippen LogP contribution is 2.35. The number of hydrogen-bond donors (Lipinski definition) is 4. The number of amides is 6. The molecule has 23 heteroatoms. The molecule has 2 saturated heterocycles. The lowest BCUT2D eigenvalue weighted by molar-refractivity contribution is -0.136. The SMILES string of the molecule is COc1cccc(F)c1-c1nccc(C(=O)Nc2ccc(-c3cnccc3C#N)cc2N2CCN(CC(=O)NCCOCCOCCOCCOCCNc3ccc4c(c3)C(=O)N(C3CCC(=O)NC3=O)C4=O)CC2)n1. The van der Waals surface area contributed by atoms with Crippen LogP contribution in [0.25, 0.3) is 22.5 Å². The molecule has 2 aromatic heterocycles. The monoisotopic (exact) mass is 1040 g/mol. The highest BCUT2D eigenvalue weighted by atomic mass is 19.1. The van der Waals surface area contributed by atoms with E-state index in [9.17, 15) is 38.4 Å². The summed E-state index contributed by atoms with van der Waals surface area (Å²) in [4.78, 5) is 94.3. The molecule has 0 radical (unpaired) electrons. The molecule has 0 aliphatic carbocycles. The molecule has 3 aliphatic heterocycles. The summed E-state index contributed by atoms with van der Waals surface area (Å²) in [7, 11) is 1.41. The van der Waals surface area contributed by atoms with E-state index < -0.39 is 41.4 Å². The quantitative estimate of drug-likeness (QED) is 0.0482. The third kappa shape index (κ3) is 13.5. The van der Waals surface area contributed by atoms with Crippen LogP contribution in [0.2, 0.25) is 0 Å². The van der Waals surface area contributed by atoms with Crippen molar-refractivity contribution in [2.75, 3.05) is 121 Å². The molecule has 396 valence electrons. The number of halogens is 1. The molecule has 8 rings (SSSR count). The second kappa shape index (κ2) is 26.3. The van der Waals surface area contributed by atoms with Crippen LogP contribution in [0.4, 0.5) is 21.5 Å². The number of pyridine rings is 1. The largest absolute Gasteiger partial charge is 0.496 e. The number of rotatable bonds is 25. The van der Waals surface area contributed by atoms with Crippen LogP contribution in [0.5, 0.6) is 5.75 Å². The smallest absolute Gasteiger partial charge is 0.274 e. The number of aromatic nitrogens is 3. The minimum absolute atomic E-state index is 0.00630. The average Bonchev–Trinajstić information content (AvgIpc) is 3.72. The van der Waals surface area contributed by atoms with E-state index in [0.29, 0.717) is 120 Å². The number of benzene rings is 3. The summed E-state index contributed by atoms with van der Waals surface area (Å²) >= 11 is 0. The number of hydrogen-bond acceptors (Lipinski definition) is 18. The van der Waals surface area contributed by atoms with Gasteiger partial charge in [-0.1, -0.05) is 12.1 Å². The van der Waals surface area contributed by atoms with Crippen molar-refractivity contribution in [3.8, 4) is 34.3 Å². The van der Waals surface area contributed by atoms with Crippen molar-refractivity contribution in [3.63, 3.8) is 0 Å². The molecule has 4 N–H and O–H groups in total. The Morgan fingerprint density at radius 3 is 2.26 bits per heavy atom. The Morgan fingerprint density at radius 2 is 1.54 bits per heavy atom. The molecule has 3 aliphatic rings. The molecule has 1 unspecified atom stereocenters. The number of nitrogens with zero attached hydrogens (tertiary/aromatic N) is 7. The lowest BCUT2D eigenvalue weighted by Gasteiger charge is -2.36. The minimum Gasteiger partial charge on any atom is -0.496 e. The Morgan fingerprint density at radius 1 is 0.816 bits per heavy atom. The van der Waals surface area contributed by atoms with Crippen molar-refractivity contribution in [1.29, 1.82) is 5.26 Å². The summed E-state index contributed by atoms with van der Waals surface area (Å²) in [6, 6.07) is 18.9. The van der Waals surface area contributed by atoms with Gasteiger partial charge < -0.3 is 44.5 Å². The van der Waals surface area contributed by atoms with Crippen LogP contribution in [-0.2, 0) is 33.3 Å². The zero-order valence-electron chi connectivity index (χ0n) is 41.7. The maximum absolute atomic E-state index is 14.9. The number of piperazine rings is 1. The first-order chi connectivity index (χ1) is 37.0. The third-order valence-electron chi connectivity index (χ3n) is 12.6. The summed E-state index contributed by atoms with van der Waals surface area (Å²) in [6.07, 6.45) is 4.69. The van der Waals surface area contributed by atoms with Crippen molar-refractivity contribution >= 4 is 52.5 Å². The highest BCUT2D eigenvalue weighted by molar-refractivity contribution is 6.23. The van der Waals surface area contributed by atoms with E-state index >= 15 is 0 Å². The molecular weight excluding hydrogens is 986 g/mol. The van der Waals surface area contributed by atoms with Crippen LogP contribution < -0.4 is 30.9 Å². The summed E-state index contributed by atoms with van der Waals surface area (Å²) in [5, 5.41) is 21.0. The van der Waals surface area contributed by atoms with Crippen molar-refractivity contribution in [3.05, 3.63) is 114 Å². The van der Waals surface area contributed by atoms with Crippen LogP contribution in [0, 0.1) is 17.1 Å². The molecule has 3 aromatic carbocycles. The fraction of sp³-hybridized carbons (Fsp3) is 0.358. The molecule has 5 aromatic rings. The van der Waals surface area contributed by atoms with Gasteiger partial charge in [0.05, 0.1) is 106 Å². The van der Waals surface area contributed by atoms with Gasteiger partial charge >= 0.3 is 0 Å². The van der Waals surface area contributed by atoms with Gasteiger partial charge in [-0.3, -0.25) is 48.9 Å². The van der Waals surface area contributed by atoms with Crippen LogP contribution in [-0.4, -0.2) is 172 Å². The van der Waals surface area contributed by atoms with Gasteiger partial charge in [0, 0.05) is 75.5 Å². The molecule has 1 atom stereocenters.